The van der Waals surface area contributed by atoms with Crippen molar-refractivity contribution in [1.82, 2.24) is 0 Å². The first-order chi connectivity index (χ1) is 6.85. The lowest BCUT2D eigenvalue weighted by Gasteiger charge is -2.09. The van der Waals surface area contributed by atoms with Gasteiger partial charge in [-0.1, -0.05) is 6.08 Å². The van der Waals surface area contributed by atoms with Crippen molar-refractivity contribution in [2.45, 2.75) is 5.79 Å². The van der Waals surface area contributed by atoms with Crippen LogP contribution < -0.4 is 0 Å². The molecule has 0 radical (unpaired) electrons. The molecule has 0 bridgehead atoms. The van der Waals surface area contributed by atoms with Gasteiger partial charge in [-0.25, -0.2) is 0 Å². The molecule has 0 rings (SSSR count). The van der Waals surface area contributed by atoms with E-state index in [1.165, 1.54) is 0 Å². The number of nitriles is 1. The Labute approximate surface area is 81.9 Å². The number of rotatable bonds is 5. The van der Waals surface area contributed by atoms with Crippen LogP contribution in [0.1, 0.15) is 0 Å². The molecule has 0 amide bonds. The summed E-state index contributed by atoms with van der Waals surface area (Å²) in [4.78, 5) is 26.0. The van der Waals surface area contributed by atoms with Crippen molar-refractivity contribution in [3.05, 3.63) is 43.0 Å². The van der Waals surface area contributed by atoms with Gasteiger partial charge in [0.25, 0.3) is 5.92 Å². The van der Waals surface area contributed by atoms with Gasteiger partial charge in [-0.2, -0.15) is 5.26 Å². The molecule has 0 aromatic heterocycles. The molecule has 10 nitrogen and oxygen atoms in total. The van der Waals surface area contributed by atoms with Gasteiger partial charge >= 0.3 is 5.79 Å². The van der Waals surface area contributed by atoms with Crippen molar-refractivity contribution >= 4 is 0 Å². The highest BCUT2D eigenvalue weighted by atomic mass is 16.7. The van der Waals surface area contributed by atoms with Gasteiger partial charge in [0, 0.05) is 0 Å². The fraction of sp³-hybridized carbons (Fsp3) is 0.400. The van der Waals surface area contributed by atoms with Crippen LogP contribution in [0.5, 0.6) is 0 Å². The Hall–Kier alpha value is -2.57. The van der Waals surface area contributed by atoms with E-state index in [0.717, 1.165) is 6.07 Å². The number of nitro groups is 3. The molecule has 0 heterocycles. The normalized spacial score (nSPS) is 12.2. The molecule has 0 aliphatic carbocycles. The monoisotopic (exact) mass is 216 g/mol. The second-order valence-corrected chi connectivity index (χ2v) is 2.30. The van der Waals surface area contributed by atoms with Gasteiger partial charge in [0.15, 0.2) is 14.8 Å². The van der Waals surface area contributed by atoms with Crippen molar-refractivity contribution in [2.24, 2.45) is 5.92 Å². The van der Waals surface area contributed by atoms with Gasteiger partial charge < -0.3 is 0 Å². The lowest BCUT2D eigenvalue weighted by molar-refractivity contribution is -0.974. The summed E-state index contributed by atoms with van der Waals surface area (Å²) in [7, 11) is 0. The average Bonchev–Trinajstić information content (AvgIpc) is 2.11. The molecule has 1 unspecified atom stereocenters. The van der Waals surface area contributed by atoms with Crippen LogP contribution in [-0.4, -0.2) is 20.6 Å². The van der Waals surface area contributed by atoms with Crippen LogP contribution in [0.3, 0.4) is 0 Å². The van der Waals surface area contributed by atoms with Crippen LogP contribution in [0.15, 0.2) is 12.7 Å². The fourth-order valence-corrected chi connectivity index (χ4v) is 0.838. The molecule has 80 valence electrons. The lowest BCUT2D eigenvalue weighted by atomic mass is 10.0. The van der Waals surface area contributed by atoms with Gasteiger partial charge in [0.2, 0.25) is 0 Å². The van der Waals surface area contributed by atoms with Gasteiger partial charge in [-0.05, 0) is 0 Å². The smallest absolute Gasteiger partial charge is 0.253 e. The van der Waals surface area contributed by atoms with Crippen LogP contribution >= 0.6 is 0 Å². The summed E-state index contributed by atoms with van der Waals surface area (Å²) < 4.78 is 0. The van der Waals surface area contributed by atoms with Crippen molar-refractivity contribution in [1.29, 1.82) is 5.26 Å². The molecule has 0 saturated carbocycles. The summed E-state index contributed by atoms with van der Waals surface area (Å²) in [6, 6.07) is 1.09. The maximum absolute atomic E-state index is 10.4. The van der Waals surface area contributed by atoms with Crippen molar-refractivity contribution in [3.63, 3.8) is 0 Å². The quantitative estimate of drug-likeness (QED) is 0.266. The summed E-state index contributed by atoms with van der Waals surface area (Å²) in [5.41, 5.74) is 0. The number of hydrogen-bond donors (Lipinski definition) is 0. The third kappa shape index (κ3) is 1.57. The predicted octanol–water partition coefficient (Wildman–Crippen LogP) is -0.204. The van der Waals surface area contributed by atoms with Crippen LogP contribution in [0, 0.1) is 47.6 Å². The Kier molecular flexibility index (Phi) is 3.39. The molecule has 0 aliphatic heterocycles. The minimum absolute atomic E-state index is 0.494. The van der Waals surface area contributed by atoms with E-state index in [-0.39, 0.29) is 0 Å². The second-order valence-electron chi connectivity index (χ2n) is 2.30. The first-order valence-electron chi connectivity index (χ1n) is 3.31. The molecule has 0 aliphatic rings. The van der Waals surface area contributed by atoms with Crippen LogP contribution in [0.2, 0.25) is 0 Å². The summed E-state index contributed by atoms with van der Waals surface area (Å²) >= 11 is 0. The third-order valence-corrected chi connectivity index (χ3v) is 1.60. The zero-order valence-corrected chi connectivity index (χ0v) is 7.10. The molecule has 1 atom stereocenters. The molecule has 0 aromatic rings. The summed E-state index contributed by atoms with van der Waals surface area (Å²) in [6.07, 6.45) is 0.494. The summed E-state index contributed by atoms with van der Waals surface area (Å²) in [6.45, 7) is 2.91. The molecule has 10 heteroatoms. The summed E-state index contributed by atoms with van der Waals surface area (Å²) in [5.74, 6) is -5.95. The minimum atomic E-state index is -3.80. The Morgan fingerprint density at radius 2 is 1.53 bits per heavy atom. The van der Waals surface area contributed by atoms with Crippen LogP contribution in [0.25, 0.3) is 0 Å². The zero-order chi connectivity index (χ0) is 12.2. The molecular weight excluding hydrogens is 212 g/mol. The largest absolute Gasteiger partial charge is 0.719 e. The van der Waals surface area contributed by atoms with Crippen molar-refractivity contribution in [2.75, 3.05) is 0 Å². The Morgan fingerprint density at radius 3 is 1.60 bits per heavy atom. The molecular formula is C5H4N4O6. The molecule has 0 aromatic carbocycles. The van der Waals surface area contributed by atoms with E-state index in [4.69, 9.17) is 5.26 Å². The van der Waals surface area contributed by atoms with E-state index in [9.17, 15) is 30.3 Å². The van der Waals surface area contributed by atoms with E-state index in [0.29, 0.717) is 6.08 Å². The van der Waals surface area contributed by atoms with Gasteiger partial charge in [0.1, 0.15) is 0 Å². The number of hydrogen-bond acceptors (Lipinski definition) is 7. The second kappa shape index (κ2) is 4.09. The van der Waals surface area contributed by atoms with Crippen LogP contribution in [-0.2, 0) is 0 Å². The molecule has 0 fully saturated rings. The van der Waals surface area contributed by atoms with E-state index in [1.54, 1.807) is 0 Å². The third-order valence-electron chi connectivity index (χ3n) is 1.60. The lowest BCUT2D eigenvalue weighted by Crippen LogP contribution is -2.57. The molecule has 0 spiro atoms. The molecule has 15 heavy (non-hydrogen) atoms. The standard InChI is InChI=1S/C5H4N4O6/c1-2-4(3-6)5(7(10)11,8(12)13)9(14)15/h2,4H,1H2. The Bertz CT molecular complexity index is 334. The van der Waals surface area contributed by atoms with Crippen LogP contribution in [0.4, 0.5) is 0 Å². The Morgan fingerprint density at radius 1 is 1.20 bits per heavy atom. The summed E-state index contributed by atoms with van der Waals surface area (Å²) in [5, 5.41) is 39.5. The van der Waals surface area contributed by atoms with E-state index < -0.39 is 26.5 Å². The van der Waals surface area contributed by atoms with Gasteiger partial charge in [-0.3, -0.25) is 30.3 Å². The van der Waals surface area contributed by atoms with E-state index in [2.05, 4.69) is 6.58 Å². The molecule has 0 N–H and O–H groups in total. The van der Waals surface area contributed by atoms with Crippen molar-refractivity contribution < 1.29 is 14.8 Å². The maximum atomic E-state index is 10.4. The van der Waals surface area contributed by atoms with Gasteiger partial charge in [-0.15, -0.1) is 6.58 Å². The average molecular weight is 216 g/mol. The van der Waals surface area contributed by atoms with Crippen molar-refractivity contribution in [3.8, 4) is 6.07 Å². The van der Waals surface area contributed by atoms with Gasteiger partial charge in [0.05, 0.1) is 6.07 Å². The SMILES string of the molecule is C=CC(C#N)C([N+](=O)[O-])([N+](=O)[O-])[N+](=O)[O-]. The Balaban J connectivity index is 5.86. The van der Waals surface area contributed by atoms with E-state index >= 15 is 0 Å². The number of nitrogens with zero attached hydrogens (tertiary/aromatic N) is 4. The highest BCUT2D eigenvalue weighted by molar-refractivity contribution is 5.00. The highest BCUT2D eigenvalue weighted by Crippen LogP contribution is 2.23. The fourth-order valence-electron chi connectivity index (χ4n) is 0.838. The predicted molar refractivity (Wildman–Crippen MR) is 43.0 cm³/mol. The minimum Gasteiger partial charge on any atom is -0.253 e. The highest BCUT2D eigenvalue weighted by Gasteiger charge is 2.76. The maximum Gasteiger partial charge on any atom is 0.719 e. The zero-order valence-electron chi connectivity index (χ0n) is 7.10. The molecule has 0 saturated heterocycles. The first kappa shape index (κ1) is 12.4. The first-order valence-corrected chi connectivity index (χ1v) is 3.31. The van der Waals surface area contributed by atoms with E-state index in [1.807, 2.05) is 0 Å². The topological polar surface area (TPSA) is 153 Å².